The molecule has 0 saturated heterocycles. The van der Waals surface area contributed by atoms with Gasteiger partial charge in [0.25, 0.3) is 0 Å². The van der Waals surface area contributed by atoms with Crippen molar-refractivity contribution in [3.05, 3.63) is 29.3 Å². The second-order valence-electron chi connectivity index (χ2n) is 4.17. The maximum absolute atomic E-state index is 11.9. The molecule has 1 atom stereocenters. The molecule has 16 heavy (non-hydrogen) atoms. The molecule has 1 aliphatic rings. The van der Waals surface area contributed by atoms with E-state index in [1.807, 2.05) is 32.0 Å². The predicted octanol–water partition coefficient (Wildman–Crippen LogP) is 1.57. The number of nitrogens with one attached hydrogen (secondary N) is 1. The Labute approximate surface area is 95.0 Å². The molecule has 0 aromatic heterocycles. The molecule has 1 amide bonds. The van der Waals surface area contributed by atoms with Crippen molar-refractivity contribution in [3.8, 4) is 12.0 Å². The monoisotopic (exact) mass is 214 g/mol. The first-order valence-corrected chi connectivity index (χ1v) is 5.29. The van der Waals surface area contributed by atoms with Crippen molar-refractivity contribution in [1.82, 2.24) is 0 Å². The minimum atomic E-state index is -0.413. The Morgan fingerprint density at radius 2 is 2.25 bits per heavy atom. The minimum Gasteiger partial charge on any atom is -0.359 e. The van der Waals surface area contributed by atoms with Gasteiger partial charge in [0.05, 0.1) is 5.41 Å². The molecule has 0 spiro atoms. The van der Waals surface area contributed by atoms with Gasteiger partial charge in [0.15, 0.2) is 0 Å². The third-order valence-electron chi connectivity index (χ3n) is 3.29. The molecule has 3 N–H and O–H groups in total. The van der Waals surface area contributed by atoms with Gasteiger partial charge in [0.1, 0.15) is 0 Å². The molecule has 3 nitrogen and oxygen atoms in total. The van der Waals surface area contributed by atoms with Crippen LogP contribution in [-0.2, 0) is 10.2 Å². The van der Waals surface area contributed by atoms with Crippen molar-refractivity contribution in [2.45, 2.75) is 25.7 Å². The van der Waals surface area contributed by atoms with E-state index in [1.165, 1.54) is 0 Å². The van der Waals surface area contributed by atoms with Gasteiger partial charge in [0, 0.05) is 17.3 Å². The van der Waals surface area contributed by atoms with Gasteiger partial charge >= 0.3 is 0 Å². The van der Waals surface area contributed by atoms with Crippen LogP contribution < -0.4 is 11.1 Å². The summed E-state index contributed by atoms with van der Waals surface area (Å²) in [4.78, 5) is 11.9. The van der Waals surface area contributed by atoms with Crippen molar-refractivity contribution in [1.29, 1.82) is 0 Å². The molecular weight excluding hydrogens is 200 g/mol. The van der Waals surface area contributed by atoms with E-state index < -0.39 is 5.41 Å². The molecule has 0 bridgehead atoms. The van der Waals surface area contributed by atoms with Crippen LogP contribution in [0.1, 0.15) is 31.4 Å². The largest absolute Gasteiger partial charge is 0.359 e. The van der Waals surface area contributed by atoms with Crippen LogP contribution in [0.15, 0.2) is 18.2 Å². The predicted molar refractivity (Wildman–Crippen MR) is 63.8 cm³/mol. The molecule has 1 heterocycles. The van der Waals surface area contributed by atoms with Gasteiger partial charge in [-0.05, 0) is 37.0 Å². The van der Waals surface area contributed by atoms with Crippen LogP contribution in [0.5, 0.6) is 0 Å². The first kappa shape index (κ1) is 10.6. The number of anilines is 1. The summed E-state index contributed by atoms with van der Waals surface area (Å²) in [7, 11) is 0. The highest BCUT2D eigenvalue weighted by Crippen LogP contribution is 2.40. The maximum atomic E-state index is 11.9. The average molecular weight is 214 g/mol. The molecule has 2 rings (SSSR count). The normalized spacial score (nSPS) is 22.0. The number of carbonyl (C=O) groups excluding carboxylic acids is 1. The molecule has 0 radical (unpaired) electrons. The lowest BCUT2D eigenvalue weighted by Gasteiger charge is -2.19. The fraction of sp³-hybridized carbons (Fsp3) is 0.308. The molecule has 0 aliphatic carbocycles. The van der Waals surface area contributed by atoms with Gasteiger partial charge in [-0.2, -0.15) is 0 Å². The zero-order valence-corrected chi connectivity index (χ0v) is 9.42. The molecular formula is C13H14N2O. The highest BCUT2D eigenvalue weighted by Gasteiger charge is 2.40. The van der Waals surface area contributed by atoms with Crippen LogP contribution in [0.2, 0.25) is 0 Å². The summed E-state index contributed by atoms with van der Waals surface area (Å²) >= 11 is 0. The summed E-state index contributed by atoms with van der Waals surface area (Å²) in [6.45, 7) is 3.98. The molecule has 1 aromatic rings. The second-order valence-corrected chi connectivity index (χ2v) is 4.17. The standard InChI is InChI=1S/C13H14N2O/c1-3-13(2)10-5-4-9(6-7-14)8-11(10)15-12(13)16/h4-5,8H,3,14H2,1-2H3,(H,15,16). The number of rotatable bonds is 1. The van der Waals surface area contributed by atoms with E-state index in [9.17, 15) is 4.79 Å². The zero-order chi connectivity index (χ0) is 11.8. The third kappa shape index (κ3) is 1.35. The van der Waals surface area contributed by atoms with E-state index in [4.69, 9.17) is 5.73 Å². The van der Waals surface area contributed by atoms with E-state index in [0.29, 0.717) is 0 Å². The van der Waals surface area contributed by atoms with Gasteiger partial charge < -0.3 is 11.1 Å². The quantitative estimate of drug-likeness (QED) is 0.550. The Kier molecular flexibility index (Phi) is 2.35. The third-order valence-corrected chi connectivity index (χ3v) is 3.29. The highest BCUT2D eigenvalue weighted by molar-refractivity contribution is 6.06. The summed E-state index contributed by atoms with van der Waals surface area (Å²) in [5.74, 6) is 2.83. The molecule has 82 valence electrons. The number of benzene rings is 1. The van der Waals surface area contributed by atoms with Gasteiger partial charge in [-0.15, -0.1) is 0 Å². The van der Waals surface area contributed by atoms with E-state index in [0.717, 1.165) is 23.2 Å². The minimum absolute atomic E-state index is 0.0582. The van der Waals surface area contributed by atoms with Crippen LogP contribution >= 0.6 is 0 Å². The number of amides is 1. The Morgan fingerprint density at radius 3 is 2.88 bits per heavy atom. The fourth-order valence-electron chi connectivity index (χ4n) is 2.02. The van der Waals surface area contributed by atoms with Gasteiger partial charge in [-0.1, -0.05) is 13.0 Å². The summed E-state index contributed by atoms with van der Waals surface area (Å²) in [5.41, 5.74) is 7.47. The first-order chi connectivity index (χ1) is 7.61. The second kappa shape index (κ2) is 3.57. The SMILES string of the molecule is CCC1(C)C(=O)Nc2cc(C#CN)ccc21. The number of hydrogen-bond donors (Lipinski definition) is 2. The Balaban J connectivity index is 2.53. The van der Waals surface area contributed by atoms with E-state index >= 15 is 0 Å². The van der Waals surface area contributed by atoms with Crippen molar-refractivity contribution < 1.29 is 4.79 Å². The van der Waals surface area contributed by atoms with Crippen LogP contribution in [0.4, 0.5) is 5.69 Å². The maximum Gasteiger partial charge on any atom is 0.234 e. The van der Waals surface area contributed by atoms with E-state index in [-0.39, 0.29) is 5.91 Å². The molecule has 0 saturated carbocycles. The summed E-state index contributed by atoms with van der Waals surface area (Å²) < 4.78 is 0. The summed E-state index contributed by atoms with van der Waals surface area (Å²) in [6, 6.07) is 8.08. The molecule has 0 fully saturated rings. The Hall–Kier alpha value is -1.95. The summed E-state index contributed by atoms with van der Waals surface area (Å²) in [5, 5.41) is 2.89. The Morgan fingerprint density at radius 1 is 1.50 bits per heavy atom. The lowest BCUT2D eigenvalue weighted by Crippen LogP contribution is -2.29. The highest BCUT2D eigenvalue weighted by atomic mass is 16.2. The molecule has 1 aromatic carbocycles. The smallest absolute Gasteiger partial charge is 0.234 e. The number of nitrogens with two attached hydrogens (primary N) is 1. The molecule has 1 aliphatic heterocycles. The van der Waals surface area contributed by atoms with Gasteiger partial charge in [-0.3, -0.25) is 4.79 Å². The number of carbonyl (C=O) groups is 1. The van der Waals surface area contributed by atoms with Crippen molar-refractivity contribution >= 4 is 11.6 Å². The first-order valence-electron chi connectivity index (χ1n) is 5.29. The van der Waals surface area contributed by atoms with Crippen LogP contribution in [0, 0.1) is 12.0 Å². The van der Waals surface area contributed by atoms with Crippen molar-refractivity contribution in [2.75, 3.05) is 5.32 Å². The summed E-state index contributed by atoms with van der Waals surface area (Å²) in [6.07, 6.45) is 0.785. The lowest BCUT2D eigenvalue weighted by molar-refractivity contribution is -0.120. The van der Waals surface area contributed by atoms with E-state index in [1.54, 1.807) is 0 Å². The number of fused-ring (bicyclic) bond motifs is 1. The van der Waals surface area contributed by atoms with Crippen LogP contribution in [0.25, 0.3) is 0 Å². The molecule has 3 heteroatoms. The lowest BCUT2D eigenvalue weighted by atomic mass is 9.81. The Bertz CT molecular complexity index is 510. The molecule has 1 unspecified atom stereocenters. The fourth-order valence-corrected chi connectivity index (χ4v) is 2.02. The van der Waals surface area contributed by atoms with Crippen molar-refractivity contribution in [2.24, 2.45) is 5.73 Å². The van der Waals surface area contributed by atoms with Crippen molar-refractivity contribution in [3.63, 3.8) is 0 Å². The van der Waals surface area contributed by atoms with Crippen LogP contribution in [0.3, 0.4) is 0 Å². The van der Waals surface area contributed by atoms with Gasteiger partial charge in [-0.25, -0.2) is 0 Å². The average Bonchev–Trinajstić information content (AvgIpc) is 2.52. The zero-order valence-electron chi connectivity index (χ0n) is 9.42. The topological polar surface area (TPSA) is 55.1 Å². The number of hydrogen-bond acceptors (Lipinski definition) is 2. The van der Waals surface area contributed by atoms with Crippen LogP contribution in [-0.4, -0.2) is 5.91 Å². The van der Waals surface area contributed by atoms with E-state index in [2.05, 4.69) is 17.3 Å². The van der Waals surface area contributed by atoms with Gasteiger partial charge in [0.2, 0.25) is 5.91 Å².